The van der Waals surface area contributed by atoms with Crippen LogP contribution in [0, 0.1) is 16.7 Å². The Morgan fingerprint density at radius 3 is 2.62 bits per heavy atom. The summed E-state index contributed by atoms with van der Waals surface area (Å²) in [5.41, 5.74) is -0.0222. The third kappa shape index (κ3) is 2.74. The lowest BCUT2D eigenvalue weighted by molar-refractivity contribution is -0.123. The summed E-state index contributed by atoms with van der Waals surface area (Å²) in [6.07, 6.45) is 1.85. The van der Waals surface area contributed by atoms with Crippen LogP contribution in [0.25, 0.3) is 0 Å². The monoisotopic (exact) mass is 255 g/mol. The van der Waals surface area contributed by atoms with E-state index in [2.05, 4.69) is 15.8 Å². The molecule has 0 aliphatic carbocycles. The van der Waals surface area contributed by atoms with Crippen LogP contribution in [-0.4, -0.2) is 16.5 Å². The predicted octanol–water partition coefficient (Wildman–Crippen LogP) is 2.72. The standard InChI is InChI=1S/C10H13N3OS2/c1-10(2,3)9(14)12-7-6(5-11)8(15-4)13-16-7/h1-4H3,(H,12,14). The average Bonchev–Trinajstić information content (AvgIpc) is 2.58. The first kappa shape index (κ1) is 13.0. The van der Waals surface area contributed by atoms with Crippen LogP contribution < -0.4 is 5.32 Å². The zero-order valence-electron chi connectivity index (χ0n) is 9.62. The van der Waals surface area contributed by atoms with Crippen LogP contribution in [0.15, 0.2) is 5.03 Å². The number of nitrogens with zero attached hydrogens (tertiary/aromatic N) is 2. The summed E-state index contributed by atoms with van der Waals surface area (Å²) >= 11 is 2.55. The van der Waals surface area contributed by atoms with Crippen LogP contribution in [0.1, 0.15) is 26.3 Å². The first-order valence-electron chi connectivity index (χ1n) is 4.65. The van der Waals surface area contributed by atoms with Gasteiger partial charge in [0.15, 0.2) is 0 Å². The second kappa shape index (κ2) is 4.85. The van der Waals surface area contributed by atoms with Crippen molar-refractivity contribution >= 4 is 34.2 Å². The highest BCUT2D eigenvalue weighted by Crippen LogP contribution is 2.30. The molecule has 16 heavy (non-hydrogen) atoms. The van der Waals surface area contributed by atoms with Gasteiger partial charge in [-0.25, -0.2) is 0 Å². The number of nitriles is 1. The summed E-state index contributed by atoms with van der Waals surface area (Å²) in [6.45, 7) is 5.47. The van der Waals surface area contributed by atoms with Crippen molar-refractivity contribution in [2.24, 2.45) is 5.41 Å². The molecule has 0 aromatic carbocycles. The Morgan fingerprint density at radius 2 is 2.19 bits per heavy atom. The summed E-state index contributed by atoms with van der Waals surface area (Å²) in [7, 11) is 0. The lowest BCUT2D eigenvalue weighted by Gasteiger charge is -2.16. The number of aromatic nitrogens is 1. The minimum atomic E-state index is -0.476. The zero-order chi connectivity index (χ0) is 12.3. The van der Waals surface area contributed by atoms with Crippen LogP contribution in [-0.2, 0) is 4.79 Å². The molecule has 1 amide bonds. The Morgan fingerprint density at radius 1 is 1.56 bits per heavy atom. The van der Waals surface area contributed by atoms with E-state index >= 15 is 0 Å². The Balaban J connectivity index is 2.96. The van der Waals surface area contributed by atoms with Gasteiger partial charge >= 0.3 is 0 Å². The van der Waals surface area contributed by atoms with Gasteiger partial charge < -0.3 is 5.32 Å². The predicted molar refractivity (Wildman–Crippen MR) is 66.7 cm³/mol. The number of carbonyl (C=O) groups excluding carboxylic acids is 1. The largest absolute Gasteiger partial charge is 0.315 e. The van der Waals surface area contributed by atoms with Gasteiger partial charge in [-0.15, -0.1) is 11.8 Å². The van der Waals surface area contributed by atoms with Crippen LogP contribution in [0.3, 0.4) is 0 Å². The molecule has 1 heterocycles. The number of nitrogens with one attached hydrogen (secondary N) is 1. The van der Waals surface area contributed by atoms with E-state index in [0.717, 1.165) is 11.5 Å². The maximum Gasteiger partial charge on any atom is 0.230 e. The number of carbonyl (C=O) groups is 1. The molecule has 0 saturated heterocycles. The van der Waals surface area contributed by atoms with Crippen molar-refractivity contribution in [2.45, 2.75) is 25.8 Å². The fourth-order valence-corrected chi connectivity index (χ4v) is 2.35. The molecule has 1 rings (SSSR count). The van der Waals surface area contributed by atoms with E-state index in [-0.39, 0.29) is 5.91 Å². The van der Waals surface area contributed by atoms with Crippen molar-refractivity contribution < 1.29 is 4.79 Å². The van der Waals surface area contributed by atoms with E-state index in [1.54, 1.807) is 0 Å². The summed E-state index contributed by atoms with van der Waals surface area (Å²) in [4.78, 5) is 11.8. The number of hydrogen-bond donors (Lipinski definition) is 1. The van der Waals surface area contributed by atoms with Gasteiger partial charge in [0.05, 0.1) is 0 Å². The first-order valence-corrected chi connectivity index (χ1v) is 6.65. The van der Waals surface area contributed by atoms with Crippen molar-refractivity contribution in [2.75, 3.05) is 11.6 Å². The van der Waals surface area contributed by atoms with Gasteiger partial charge in [0, 0.05) is 5.41 Å². The highest BCUT2D eigenvalue weighted by molar-refractivity contribution is 7.98. The molecule has 0 saturated carbocycles. The zero-order valence-corrected chi connectivity index (χ0v) is 11.3. The summed E-state index contributed by atoms with van der Waals surface area (Å²) in [5.74, 6) is -0.111. The minimum absolute atomic E-state index is 0.111. The van der Waals surface area contributed by atoms with Crippen LogP contribution in [0.4, 0.5) is 5.00 Å². The SMILES string of the molecule is CSc1nsc(NC(=O)C(C)(C)C)c1C#N. The Labute approximate surface area is 103 Å². The molecule has 0 radical (unpaired) electrons. The molecule has 4 nitrogen and oxygen atoms in total. The van der Waals surface area contributed by atoms with Crippen molar-refractivity contribution in [3.8, 4) is 6.07 Å². The van der Waals surface area contributed by atoms with Crippen LogP contribution in [0.2, 0.25) is 0 Å². The first-order chi connectivity index (χ1) is 7.40. The van der Waals surface area contributed by atoms with Gasteiger partial charge in [0.25, 0.3) is 0 Å². The van der Waals surface area contributed by atoms with Gasteiger partial charge in [-0.05, 0) is 17.8 Å². The van der Waals surface area contributed by atoms with E-state index in [1.807, 2.05) is 27.0 Å². The van der Waals surface area contributed by atoms with Gasteiger partial charge in [-0.1, -0.05) is 20.8 Å². The number of hydrogen-bond acceptors (Lipinski definition) is 5. The molecular weight excluding hydrogens is 242 g/mol. The Hall–Kier alpha value is -1.06. The number of anilines is 1. The van der Waals surface area contributed by atoms with E-state index in [4.69, 9.17) is 5.26 Å². The fourth-order valence-electron chi connectivity index (χ4n) is 0.889. The average molecular weight is 255 g/mol. The van der Waals surface area contributed by atoms with Crippen LogP contribution >= 0.6 is 23.3 Å². The Bertz CT molecular complexity index is 440. The summed E-state index contributed by atoms with van der Waals surface area (Å²) in [6, 6.07) is 2.06. The molecule has 6 heteroatoms. The van der Waals surface area contributed by atoms with Crippen LogP contribution in [0.5, 0.6) is 0 Å². The molecule has 0 bridgehead atoms. The van der Waals surface area contributed by atoms with Crippen molar-refractivity contribution in [1.82, 2.24) is 4.37 Å². The molecule has 0 atom stereocenters. The molecule has 0 aliphatic rings. The second-order valence-electron chi connectivity index (χ2n) is 4.21. The molecule has 0 aliphatic heterocycles. The second-order valence-corrected chi connectivity index (χ2v) is 5.78. The molecule has 0 spiro atoms. The summed E-state index contributed by atoms with van der Waals surface area (Å²) in [5, 5.41) is 12.9. The molecular formula is C10H13N3OS2. The van der Waals surface area contributed by atoms with Gasteiger partial charge in [0.1, 0.15) is 21.7 Å². The van der Waals surface area contributed by atoms with Crippen molar-refractivity contribution in [1.29, 1.82) is 5.26 Å². The third-order valence-corrected chi connectivity index (χ3v) is 3.43. The maximum absolute atomic E-state index is 11.8. The highest BCUT2D eigenvalue weighted by Gasteiger charge is 2.24. The fraction of sp³-hybridized carbons (Fsp3) is 0.500. The highest BCUT2D eigenvalue weighted by atomic mass is 32.2. The third-order valence-electron chi connectivity index (χ3n) is 1.87. The molecule has 0 fully saturated rings. The Kier molecular flexibility index (Phi) is 3.94. The minimum Gasteiger partial charge on any atom is -0.315 e. The molecule has 1 aromatic heterocycles. The topological polar surface area (TPSA) is 65.8 Å². The van der Waals surface area contributed by atoms with Gasteiger partial charge in [0.2, 0.25) is 5.91 Å². The number of thioether (sulfide) groups is 1. The molecule has 1 aromatic rings. The molecule has 0 unspecified atom stereocenters. The lowest BCUT2D eigenvalue weighted by atomic mass is 9.96. The smallest absolute Gasteiger partial charge is 0.230 e. The van der Waals surface area contributed by atoms with E-state index < -0.39 is 5.41 Å². The summed E-state index contributed by atoms with van der Waals surface area (Å²) < 4.78 is 4.11. The van der Waals surface area contributed by atoms with Crippen molar-refractivity contribution in [3.05, 3.63) is 5.56 Å². The van der Waals surface area contributed by atoms with E-state index in [9.17, 15) is 4.79 Å². The number of rotatable bonds is 2. The van der Waals surface area contributed by atoms with Gasteiger partial charge in [-0.2, -0.15) is 9.64 Å². The number of amides is 1. The lowest BCUT2D eigenvalue weighted by Crippen LogP contribution is -2.27. The van der Waals surface area contributed by atoms with E-state index in [1.165, 1.54) is 11.8 Å². The molecule has 1 N–H and O–H groups in total. The van der Waals surface area contributed by atoms with Crippen molar-refractivity contribution in [3.63, 3.8) is 0 Å². The quantitative estimate of drug-likeness (QED) is 0.825. The normalized spacial score (nSPS) is 10.9. The van der Waals surface area contributed by atoms with Gasteiger partial charge in [-0.3, -0.25) is 4.79 Å². The van der Waals surface area contributed by atoms with E-state index in [0.29, 0.717) is 15.6 Å². The maximum atomic E-state index is 11.8. The molecule has 86 valence electrons.